The fourth-order valence-electron chi connectivity index (χ4n) is 2.79. The van der Waals surface area contributed by atoms with Crippen molar-refractivity contribution < 1.29 is 19.1 Å². The van der Waals surface area contributed by atoms with E-state index in [1.54, 1.807) is 0 Å². The maximum absolute atomic E-state index is 12.2. The number of benzene rings is 1. The normalized spacial score (nSPS) is 11.0. The van der Waals surface area contributed by atoms with Crippen LogP contribution in [0, 0.1) is 0 Å². The van der Waals surface area contributed by atoms with Crippen molar-refractivity contribution in [2.24, 2.45) is 0 Å². The van der Waals surface area contributed by atoms with Crippen molar-refractivity contribution in [3.63, 3.8) is 0 Å². The van der Waals surface area contributed by atoms with E-state index in [-0.39, 0.29) is 0 Å². The Kier molecular flexibility index (Phi) is 3.55. The van der Waals surface area contributed by atoms with E-state index in [4.69, 9.17) is 9.47 Å². The zero-order valence-electron chi connectivity index (χ0n) is 12.3. The third kappa shape index (κ3) is 2.02. The number of ether oxygens (including phenoxy) is 2. The van der Waals surface area contributed by atoms with Gasteiger partial charge in [0.25, 0.3) is 0 Å². The van der Waals surface area contributed by atoms with Gasteiger partial charge in [0.05, 0.1) is 25.3 Å². The first-order valence-electron chi connectivity index (χ1n) is 6.82. The van der Waals surface area contributed by atoms with Gasteiger partial charge in [0, 0.05) is 17.1 Å². The lowest BCUT2D eigenvalue weighted by atomic mass is 9.96. The molecule has 0 aliphatic carbocycles. The quantitative estimate of drug-likeness (QED) is 0.550. The minimum atomic E-state index is -1.10. The van der Waals surface area contributed by atoms with Crippen LogP contribution in [0.15, 0.2) is 48.7 Å². The SMILES string of the molecule is COC(=O)C(C(=O)OC)c1c2ccccc2n2ccccc12. The van der Waals surface area contributed by atoms with E-state index < -0.39 is 17.9 Å². The number of carbonyl (C=O) groups is 2. The van der Waals surface area contributed by atoms with Gasteiger partial charge in [-0.05, 0) is 18.2 Å². The van der Waals surface area contributed by atoms with Gasteiger partial charge in [-0.25, -0.2) is 0 Å². The molecule has 0 aliphatic rings. The summed E-state index contributed by atoms with van der Waals surface area (Å²) < 4.78 is 11.6. The average Bonchev–Trinajstić information content (AvgIpc) is 2.90. The van der Waals surface area contributed by atoms with E-state index in [0.717, 1.165) is 16.4 Å². The molecule has 0 fully saturated rings. The largest absolute Gasteiger partial charge is 0.468 e. The van der Waals surface area contributed by atoms with E-state index in [2.05, 4.69) is 0 Å². The van der Waals surface area contributed by atoms with Crippen LogP contribution in [0.4, 0.5) is 0 Å². The van der Waals surface area contributed by atoms with Crippen LogP contribution in [0.2, 0.25) is 0 Å². The predicted octanol–water partition coefficient (Wildman–Crippen LogP) is 2.52. The summed E-state index contributed by atoms with van der Waals surface area (Å²) in [4.78, 5) is 24.3. The van der Waals surface area contributed by atoms with E-state index in [1.165, 1.54) is 14.2 Å². The summed E-state index contributed by atoms with van der Waals surface area (Å²) in [5.74, 6) is -2.37. The van der Waals surface area contributed by atoms with Gasteiger partial charge in [-0.3, -0.25) is 9.59 Å². The average molecular weight is 297 g/mol. The van der Waals surface area contributed by atoms with Crippen molar-refractivity contribution in [2.45, 2.75) is 5.92 Å². The fraction of sp³-hybridized carbons (Fsp3) is 0.176. The standard InChI is InChI=1S/C17H15NO4/c1-21-16(19)15(17(20)22-2)14-11-7-3-4-8-12(11)18-10-6-5-9-13(14)18/h3-10,15H,1-2H3. The van der Waals surface area contributed by atoms with Crippen molar-refractivity contribution in [3.05, 3.63) is 54.2 Å². The van der Waals surface area contributed by atoms with Crippen molar-refractivity contribution in [3.8, 4) is 0 Å². The van der Waals surface area contributed by atoms with Crippen LogP contribution in [0.5, 0.6) is 0 Å². The Morgan fingerprint density at radius 3 is 2.18 bits per heavy atom. The van der Waals surface area contributed by atoms with Crippen molar-refractivity contribution in [1.82, 2.24) is 4.40 Å². The summed E-state index contributed by atoms with van der Waals surface area (Å²) >= 11 is 0. The topological polar surface area (TPSA) is 57.0 Å². The minimum Gasteiger partial charge on any atom is -0.468 e. The molecule has 112 valence electrons. The molecule has 0 bridgehead atoms. The highest BCUT2D eigenvalue weighted by Gasteiger charge is 2.34. The van der Waals surface area contributed by atoms with Crippen LogP contribution in [0.1, 0.15) is 11.5 Å². The molecule has 2 heterocycles. The van der Waals surface area contributed by atoms with Gasteiger partial charge in [0.15, 0.2) is 5.92 Å². The number of aromatic nitrogens is 1. The number of rotatable bonds is 3. The highest BCUT2D eigenvalue weighted by molar-refractivity contribution is 6.08. The number of hydrogen-bond donors (Lipinski definition) is 0. The Morgan fingerprint density at radius 2 is 1.50 bits per heavy atom. The molecule has 0 aliphatic heterocycles. The van der Waals surface area contributed by atoms with Crippen LogP contribution in [-0.2, 0) is 19.1 Å². The number of hydrogen-bond acceptors (Lipinski definition) is 4. The number of pyridine rings is 1. The Balaban J connectivity index is 2.40. The first kappa shape index (κ1) is 14.1. The summed E-state index contributed by atoms with van der Waals surface area (Å²) in [5.41, 5.74) is 2.31. The van der Waals surface area contributed by atoms with Crippen molar-refractivity contribution in [1.29, 1.82) is 0 Å². The molecular formula is C17H15NO4. The van der Waals surface area contributed by atoms with Crippen LogP contribution < -0.4 is 0 Å². The lowest BCUT2D eigenvalue weighted by molar-refractivity contribution is -0.154. The molecule has 0 saturated carbocycles. The van der Waals surface area contributed by atoms with Gasteiger partial charge in [-0.1, -0.05) is 24.3 Å². The molecule has 0 saturated heterocycles. The second-order valence-electron chi connectivity index (χ2n) is 4.87. The second-order valence-corrected chi connectivity index (χ2v) is 4.87. The number of esters is 2. The fourth-order valence-corrected chi connectivity index (χ4v) is 2.79. The predicted molar refractivity (Wildman–Crippen MR) is 81.7 cm³/mol. The highest BCUT2D eigenvalue weighted by atomic mass is 16.5. The number of nitrogens with zero attached hydrogens (tertiary/aromatic N) is 1. The molecule has 0 spiro atoms. The zero-order valence-corrected chi connectivity index (χ0v) is 12.3. The van der Waals surface area contributed by atoms with Crippen molar-refractivity contribution >= 4 is 28.4 Å². The summed E-state index contributed by atoms with van der Waals surface area (Å²) in [7, 11) is 2.53. The Labute approximate surface area is 127 Å². The van der Waals surface area contributed by atoms with Crippen LogP contribution in [0.3, 0.4) is 0 Å². The summed E-state index contributed by atoms with van der Waals surface area (Å²) in [6, 6.07) is 13.2. The van der Waals surface area contributed by atoms with E-state index >= 15 is 0 Å². The van der Waals surface area contributed by atoms with Gasteiger partial charge in [0.2, 0.25) is 0 Å². The van der Waals surface area contributed by atoms with Crippen molar-refractivity contribution in [2.75, 3.05) is 14.2 Å². The third-order valence-electron chi connectivity index (χ3n) is 3.75. The molecule has 0 amide bonds. The van der Waals surface area contributed by atoms with Crippen LogP contribution in [0.25, 0.3) is 16.4 Å². The molecule has 2 aromatic heterocycles. The molecule has 0 unspecified atom stereocenters. The number of carbonyl (C=O) groups excluding carboxylic acids is 2. The lowest BCUT2D eigenvalue weighted by Crippen LogP contribution is -2.24. The van der Waals surface area contributed by atoms with Gasteiger partial charge in [-0.15, -0.1) is 0 Å². The smallest absolute Gasteiger partial charge is 0.324 e. The summed E-state index contributed by atoms with van der Waals surface area (Å²) in [5, 5.41) is 0.828. The maximum atomic E-state index is 12.2. The molecule has 0 N–H and O–H groups in total. The Morgan fingerprint density at radius 1 is 0.909 bits per heavy atom. The van der Waals surface area contributed by atoms with Gasteiger partial charge < -0.3 is 13.9 Å². The summed E-state index contributed by atoms with van der Waals surface area (Å²) in [6.07, 6.45) is 1.90. The molecule has 3 rings (SSSR count). The third-order valence-corrected chi connectivity index (χ3v) is 3.75. The van der Waals surface area contributed by atoms with Crippen LogP contribution in [-0.4, -0.2) is 30.6 Å². The monoisotopic (exact) mass is 297 g/mol. The Hall–Kier alpha value is -2.82. The number of methoxy groups -OCH3 is 2. The molecule has 22 heavy (non-hydrogen) atoms. The molecule has 0 atom stereocenters. The first-order valence-corrected chi connectivity index (χ1v) is 6.82. The number of para-hydroxylation sites is 1. The highest BCUT2D eigenvalue weighted by Crippen LogP contribution is 2.33. The minimum absolute atomic E-state index is 0.606. The first-order chi connectivity index (χ1) is 10.7. The molecule has 1 aromatic carbocycles. The van der Waals surface area contributed by atoms with Gasteiger partial charge in [0.1, 0.15) is 0 Å². The molecule has 0 radical (unpaired) electrons. The molecule has 5 heteroatoms. The second kappa shape index (κ2) is 5.52. The molecule has 3 aromatic rings. The van der Waals surface area contributed by atoms with Gasteiger partial charge in [-0.2, -0.15) is 0 Å². The lowest BCUT2D eigenvalue weighted by Gasteiger charge is -2.12. The summed E-state index contributed by atoms with van der Waals surface area (Å²) in [6.45, 7) is 0. The zero-order chi connectivity index (χ0) is 15.7. The van der Waals surface area contributed by atoms with E-state index in [1.807, 2.05) is 53.1 Å². The Bertz CT molecular complexity index is 796. The van der Waals surface area contributed by atoms with Crippen LogP contribution >= 0.6 is 0 Å². The maximum Gasteiger partial charge on any atom is 0.324 e. The molecule has 5 nitrogen and oxygen atoms in total. The number of fused-ring (bicyclic) bond motifs is 3. The molecular weight excluding hydrogens is 282 g/mol. The van der Waals surface area contributed by atoms with E-state index in [0.29, 0.717) is 5.56 Å². The van der Waals surface area contributed by atoms with Gasteiger partial charge >= 0.3 is 11.9 Å². The van der Waals surface area contributed by atoms with E-state index in [9.17, 15) is 9.59 Å².